The zero-order valence-corrected chi connectivity index (χ0v) is 15.1. The largest absolute Gasteiger partial charge is 0.369 e. The molecule has 5 nitrogen and oxygen atoms in total. The van der Waals surface area contributed by atoms with Gasteiger partial charge in [0.15, 0.2) is 0 Å². The maximum Gasteiger partial charge on any atom is 0.224 e. The highest BCUT2D eigenvalue weighted by Gasteiger charge is 2.23. The van der Waals surface area contributed by atoms with Crippen LogP contribution in [0.5, 0.6) is 0 Å². The molecule has 2 aromatic rings. The van der Waals surface area contributed by atoms with E-state index in [1.54, 1.807) is 12.1 Å². The first-order valence-corrected chi connectivity index (χ1v) is 8.73. The Labute approximate surface area is 147 Å². The van der Waals surface area contributed by atoms with Crippen LogP contribution in [0.4, 0.5) is 10.1 Å². The van der Waals surface area contributed by atoms with Crippen LogP contribution in [0, 0.1) is 19.7 Å². The quantitative estimate of drug-likeness (QED) is 0.927. The van der Waals surface area contributed by atoms with Crippen molar-refractivity contribution in [3.05, 3.63) is 47.0 Å². The van der Waals surface area contributed by atoms with E-state index in [-0.39, 0.29) is 17.8 Å². The van der Waals surface area contributed by atoms with Gasteiger partial charge in [0.05, 0.1) is 12.1 Å². The third kappa shape index (κ3) is 4.00. The summed E-state index contributed by atoms with van der Waals surface area (Å²) in [6, 6.07) is 6.72. The van der Waals surface area contributed by atoms with Crippen LogP contribution in [0.1, 0.15) is 29.8 Å². The number of carbonyl (C=O) groups is 1. The van der Waals surface area contributed by atoms with Crippen LogP contribution >= 0.6 is 0 Å². The van der Waals surface area contributed by atoms with Crippen molar-refractivity contribution in [1.82, 2.24) is 15.1 Å². The molecule has 1 atom stereocenters. The first kappa shape index (κ1) is 17.5. The van der Waals surface area contributed by atoms with E-state index in [2.05, 4.69) is 15.3 Å². The molecule has 2 heterocycles. The Bertz CT molecular complexity index is 771. The number of piperidine rings is 1. The van der Waals surface area contributed by atoms with Crippen LogP contribution in [0.3, 0.4) is 0 Å². The van der Waals surface area contributed by atoms with Crippen LogP contribution in [0.2, 0.25) is 0 Å². The fourth-order valence-electron chi connectivity index (χ4n) is 3.51. The maximum atomic E-state index is 13.4. The summed E-state index contributed by atoms with van der Waals surface area (Å²) in [4.78, 5) is 14.6. The molecule has 1 fully saturated rings. The Morgan fingerprint density at radius 1 is 1.40 bits per heavy atom. The fraction of sp³-hybridized carbons (Fsp3) is 0.474. The Hall–Kier alpha value is -2.37. The lowest BCUT2D eigenvalue weighted by atomic mass is 10.0. The van der Waals surface area contributed by atoms with Gasteiger partial charge in [-0.05, 0) is 44.9 Å². The van der Waals surface area contributed by atoms with E-state index >= 15 is 0 Å². The van der Waals surface area contributed by atoms with Gasteiger partial charge in [-0.3, -0.25) is 9.48 Å². The molecule has 3 rings (SSSR count). The highest BCUT2D eigenvalue weighted by molar-refractivity contribution is 5.79. The first-order valence-electron chi connectivity index (χ1n) is 8.73. The number of amides is 1. The van der Waals surface area contributed by atoms with Crippen molar-refractivity contribution < 1.29 is 9.18 Å². The number of aromatic nitrogens is 2. The second-order valence-corrected chi connectivity index (χ2v) is 6.78. The molecular weight excluding hydrogens is 319 g/mol. The van der Waals surface area contributed by atoms with Gasteiger partial charge in [0.25, 0.3) is 0 Å². The molecule has 1 saturated heterocycles. The summed E-state index contributed by atoms with van der Waals surface area (Å²) in [6.07, 6.45) is 2.27. The van der Waals surface area contributed by atoms with Crippen molar-refractivity contribution in [2.24, 2.45) is 7.05 Å². The highest BCUT2D eigenvalue weighted by atomic mass is 19.1. The molecule has 134 valence electrons. The number of carbonyl (C=O) groups excluding carboxylic acids is 1. The lowest BCUT2D eigenvalue weighted by Crippen LogP contribution is -2.48. The third-order valence-electron chi connectivity index (χ3n) is 4.96. The molecule has 1 N–H and O–H groups in total. The zero-order valence-electron chi connectivity index (χ0n) is 15.1. The second-order valence-electron chi connectivity index (χ2n) is 6.78. The van der Waals surface area contributed by atoms with Gasteiger partial charge in [0.2, 0.25) is 5.91 Å². The minimum atomic E-state index is -0.230. The van der Waals surface area contributed by atoms with Gasteiger partial charge < -0.3 is 10.2 Å². The number of rotatable bonds is 4. The van der Waals surface area contributed by atoms with E-state index in [0.717, 1.165) is 42.0 Å². The molecule has 1 aliphatic heterocycles. The molecular formula is C19H25FN4O. The molecule has 6 heteroatoms. The number of hydrogen-bond donors (Lipinski definition) is 1. The number of hydrogen-bond acceptors (Lipinski definition) is 3. The normalized spacial score (nSPS) is 17.6. The van der Waals surface area contributed by atoms with Crippen molar-refractivity contribution >= 4 is 11.6 Å². The van der Waals surface area contributed by atoms with E-state index in [0.29, 0.717) is 13.0 Å². The van der Waals surface area contributed by atoms with Crippen LogP contribution < -0.4 is 10.2 Å². The average molecular weight is 344 g/mol. The van der Waals surface area contributed by atoms with Gasteiger partial charge in [0.1, 0.15) is 5.82 Å². The van der Waals surface area contributed by atoms with Crippen molar-refractivity contribution in [2.75, 3.05) is 18.0 Å². The predicted molar refractivity (Wildman–Crippen MR) is 96.2 cm³/mol. The van der Waals surface area contributed by atoms with Crippen LogP contribution in [0.15, 0.2) is 24.3 Å². The smallest absolute Gasteiger partial charge is 0.224 e. The molecule has 1 amide bonds. The zero-order chi connectivity index (χ0) is 18.0. The van der Waals surface area contributed by atoms with Crippen molar-refractivity contribution in [1.29, 1.82) is 0 Å². The summed E-state index contributed by atoms with van der Waals surface area (Å²) in [7, 11) is 1.89. The van der Waals surface area contributed by atoms with Crippen molar-refractivity contribution in [2.45, 2.75) is 39.2 Å². The molecule has 1 aromatic carbocycles. The van der Waals surface area contributed by atoms with Crippen molar-refractivity contribution in [3.8, 4) is 0 Å². The SMILES string of the molecule is Cc1nn(C)c(C)c1CC(=O)NC1CCCN(c2cccc(F)c2)C1. The minimum Gasteiger partial charge on any atom is -0.369 e. The molecule has 1 aliphatic rings. The minimum absolute atomic E-state index is 0.0188. The summed E-state index contributed by atoms with van der Waals surface area (Å²) in [5, 5.41) is 7.50. The molecule has 0 bridgehead atoms. The monoisotopic (exact) mass is 344 g/mol. The standard InChI is InChI=1S/C19H25FN4O/c1-13-18(14(2)23(3)22-13)11-19(25)21-16-7-5-9-24(12-16)17-8-4-6-15(20)10-17/h4,6,8,10,16H,5,7,9,11-12H2,1-3H3,(H,21,25). The van der Waals surface area contributed by atoms with E-state index in [1.807, 2.05) is 31.6 Å². The molecule has 0 radical (unpaired) electrons. The molecule has 25 heavy (non-hydrogen) atoms. The van der Waals surface area contributed by atoms with Crippen LogP contribution in [-0.2, 0) is 18.3 Å². The van der Waals surface area contributed by atoms with Crippen molar-refractivity contribution in [3.63, 3.8) is 0 Å². The topological polar surface area (TPSA) is 50.2 Å². The molecule has 0 saturated carbocycles. The Morgan fingerprint density at radius 3 is 2.88 bits per heavy atom. The van der Waals surface area contributed by atoms with Gasteiger partial charge >= 0.3 is 0 Å². The van der Waals surface area contributed by atoms with Crippen LogP contribution in [0.25, 0.3) is 0 Å². The predicted octanol–water partition coefficient (Wildman–Crippen LogP) is 2.50. The van der Waals surface area contributed by atoms with E-state index in [1.165, 1.54) is 6.07 Å². The maximum absolute atomic E-state index is 13.4. The second kappa shape index (κ2) is 7.25. The van der Waals surface area contributed by atoms with Gasteiger partial charge in [-0.1, -0.05) is 6.07 Å². The van der Waals surface area contributed by atoms with E-state index in [9.17, 15) is 9.18 Å². The van der Waals surface area contributed by atoms with E-state index in [4.69, 9.17) is 0 Å². The van der Waals surface area contributed by atoms with Crippen LogP contribution in [-0.4, -0.2) is 34.8 Å². The molecule has 0 aliphatic carbocycles. The van der Waals surface area contributed by atoms with E-state index < -0.39 is 0 Å². The number of nitrogens with one attached hydrogen (secondary N) is 1. The Balaban J connectivity index is 1.61. The highest BCUT2D eigenvalue weighted by Crippen LogP contribution is 2.21. The number of nitrogens with zero attached hydrogens (tertiary/aromatic N) is 3. The number of anilines is 1. The lowest BCUT2D eigenvalue weighted by Gasteiger charge is -2.34. The summed E-state index contributed by atoms with van der Waals surface area (Å²) in [6.45, 7) is 5.51. The van der Waals surface area contributed by atoms with Gasteiger partial charge in [-0.2, -0.15) is 5.10 Å². The summed E-state index contributed by atoms with van der Waals surface area (Å²) < 4.78 is 15.3. The van der Waals surface area contributed by atoms with Gasteiger partial charge in [0, 0.05) is 43.1 Å². The average Bonchev–Trinajstić information content (AvgIpc) is 2.81. The summed E-state index contributed by atoms with van der Waals surface area (Å²) in [5.74, 6) is -0.212. The van der Waals surface area contributed by atoms with Gasteiger partial charge in [-0.15, -0.1) is 0 Å². The Morgan fingerprint density at radius 2 is 2.20 bits per heavy atom. The van der Waals surface area contributed by atoms with Gasteiger partial charge in [-0.25, -0.2) is 4.39 Å². The number of benzene rings is 1. The lowest BCUT2D eigenvalue weighted by molar-refractivity contribution is -0.121. The number of aryl methyl sites for hydroxylation is 2. The first-order chi connectivity index (χ1) is 11.9. The fourth-order valence-corrected chi connectivity index (χ4v) is 3.51. The summed E-state index contributed by atoms with van der Waals surface area (Å²) >= 11 is 0. The molecule has 0 spiro atoms. The summed E-state index contributed by atoms with van der Waals surface area (Å²) in [5.41, 5.74) is 3.80. The number of halogens is 1. The molecule has 1 unspecified atom stereocenters. The Kier molecular flexibility index (Phi) is 5.06. The molecule has 1 aromatic heterocycles. The third-order valence-corrected chi connectivity index (χ3v) is 4.96.